The Balaban J connectivity index is 1.72. The van der Waals surface area contributed by atoms with E-state index >= 15 is 0 Å². The number of thioether (sulfide) groups is 1. The highest BCUT2D eigenvalue weighted by molar-refractivity contribution is 7.99. The maximum atomic E-state index is 13.4. The normalized spacial score (nSPS) is 14.8. The lowest BCUT2D eigenvalue weighted by atomic mass is 9.95. The van der Waals surface area contributed by atoms with Crippen molar-refractivity contribution in [2.45, 2.75) is 71.2 Å². The lowest BCUT2D eigenvalue weighted by Crippen LogP contribution is -2.30. The molecule has 1 aliphatic heterocycles. The summed E-state index contributed by atoms with van der Waals surface area (Å²) in [6.07, 6.45) is 3.97. The van der Waals surface area contributed by atoms with E-state index in [0.29, 0.717) is 41.3 Å². The van der Waals surface area contributed by atoms with Gasteiger partial charge in [0.15, 0.2) is 0 Å². The smallest absolute Gasteiger partial charge is 0.338 e. The first-order chi connectivity index (χ1) is 18.0. The van der Waals surface area contributed by atoms with Crippen molar-refractivity contribution in [3.8, 4) is 5.75 Å². The predicted molar refractivity (Wildman–Crippen MR) is 148 cm³/mol. The fraction of sp³-hybridized carbons (Fsp3) is 0.414. The third-order valence-electron chi connectivity index (χ3n) is 6.37. The van der Waals surface area contributed by atoms with Gasteiger partial charge in [0.1, 0.15) is 18.4 Å². The van der Waals surface area contributed by atoms with Gasteiger partial charge in [0.05, 0.1) is 12.2 Å². The van der Waals surface area contributed by atoms with Crippen molar-refractivity contribution in [1.29, 1.82) is 0 Å². The summed E-state index contributed by atoms with van der Waals surface area (Å²) in [5, 5.41) is 8.80. The number of carbonyl (C=O) groups excluding carboxylic acids is 1. The average Bonchev–Trinajstić information content (AvgIpc) is 3.30. The molecule has 4 rings (SSSR count). The van der Waals surface area contributed by atoms with E-state index < -0.39 is 6.04 Å². The molecule has 1 atom stereocenters. The second-order valence-electron chi connectivity index (χ2n) is 9.17. The molecule has 0 amide bonds. The van der Waals surface area contributed by atoms with Crippen LogP contribution in [0.3, 0.4) is 0 Å². The van der Waals surface area contributed by atoms with Crippen molar-refractivity contribution in [3.05, 3.63) is 76.5 Å². The SMILES string of the molecule is CCCCOC(=O)C1=C(C)Nc2nc(SCCCC)nn2C1c1ccccc1OCc1ccccc1C. The summed E-state index contributed by atoms with van der Waals surface area (Å²) >= 11 is 1.63. The molecule has 7 nitrogen and oxygen atoms in total. The van der Waals surface area contributed by atoms with E-state index in [4.69, 9.17) is 19.6 Å². The number of aromatic nitrogens is 3. The zero-order valence-corrected chi connectivity index (χ0v) is 22.9. The van der Waals surface area contributed by atoms with Crippen LogP contribution in [-0.4, -0.2) is 33.1 Å². The first kappa shape index (κ1) is 26.8. The molecule has 37 heavy (non-hydrogen) atoms. The second kappa shape index (κ2) is 12.8. The summed E-state index contributed by atoms with van der Waals surface area (Å²) in [5.74, 6) is 1.91. The predicted octanol–water partition coefficient (Wildman–Crippen LogP) is 6.69. The Labute approximate surface area is 223 Å². The van der Waals surface area contributed by atoms with E-state index in [1.807, 2.05) is 43.3 Å². The van der Waals surface area contributed by atoms with Gasteiger partial charge < -0.3 is 14.8 Å². The molecule has 0 bridgehead atoms. The van der Waals surface area contributed by atoms with Crippen LogP contribution in [0.5, 0.6) is 5.75 Å². The first-order valence-corrected chi connectivity index (χ1v) is 14.0. The summed E-state index contributed by atoms with van der Waals surface area (Å²) in [6.45, 7) is 9.02. The zero-order valence-electron chi connectivity index (χ0n) is 22.1. The minimum absolute atomic E-state index is 0.349. The highest BCUT2D eigenvalue weighted by Crippen LogP contribution is 2.40. The van der Waals surface area contributed by atoms with Crippen molar-refractivity contribution in [2.75, 3.05) is 17.7 Å². The lowest BCUT2D eigenvalue weighted by molar-refractivity contribution is -0.139. The van der Waals surface area contributed by atoms with Crippen LogP contribution in [0, 0.1) is 6.92 Å². The number of anilines is 1. The van der Waals surface area contributed by atoms with Crippen LogP contribution < -0.4 is 10.1 Å². The largest absolute Gasteiger partial charge is 0.489 e. The number of nitrogens with one attached hydrogen (secondary N) is 1. The Hall–Kier alpha value is -3.26. The van der Waals surface area contributed by atoms with Crippen molar-refractivity contribution in [1.82, 2.24) is 14.8 Å². The summed E-state index contributed by atoms with van der Waals surface area (Å²) in [4.78, 5) is 18.1. The second-order valence-corrected chi connectivity index (χ2v) is 10.2. The third kappa shape index (κ3) is 6.36. The van der Waals surface area contributed by atoms with Crippen molar-refractivity contribution in [3.63, 3.8) is 0 Å². The molecule has 196 valence electrons. The number of esters is 1. The van der Waals surface area contributed by atoms with Crippen molar-refractivity contribution < 1.29 is 14.3 Å². The maximum Gasteiger partial charge on any atom is 0.338 e. The number of rotatable bonds is 12. The highest BCUT2D eigenvalue weighted by atomic mass is 32.2. The number of nitrogens with zero attached hydrogens (tertiary/aromatic N) is 3. The minimum atomic E-state index is -0.522. The topological polar surface area (TPSA) is 78.3 Å². The molecule has 2 aromatic carbocycles. The number of hydrogen-bond donors (Lipinski definition) is 1. The minimum Gasteiger partial charge on any atom is -0.489 e. The molecule has 1 aromatic heterocycles. The van der Waals surface area contributed by atoms with Gasteiger partial charge in [0.25, 0.3) is 0 Å². The van der Waals surface area contributed by atoms with Gasteiger partial charge in [-0.15, -0.1) is 5.10 Å². The van der Waals surface area contributed by atoms with E-state index in [0.717, 1.165) is 42.6 Å². The molecule has 0 fully saturated rings. The van der Waals surface area contributed by atoms with Gasteiger partial charge in [-0.1, -0.05) is 80.9 Å². The lowest BCUT2D eigenvalue weighted by Gasteiger charge is -2.29. The van der Waals surface area contributed by atoms with E-state index in [1.165, 1.54) is 5.56 Å². The monoisotopic (exact) mass is 520 g/mol. The van der Waals surface area contributed by atoms with Gasteiger partial charge in [-0.25, -0.2) is 9.48 Å². The molecule has 1 N–H and O–H groups in total. The number of para-hydroxylation sites is 1. The van der Waals surface area contributed by atoms with Crippen LogP contribution in [0.15, 0.2) is 65.0 Å². The molecule has 3 aromatic rings. The first-order valence-electron chi connectivity index (χ1n) is 13.0. The van der Waals surface area contributed by atoms with Crippen LogP contribution >= 0.6 is 11.8 Å². The van der Waals surface area contributed by atoms with Crippen molar-refractivity contribution in [2.24, 2.45) is 0 Å². The standard InChI is InChI=1S/C29H36N4O3S/c1-5-7-17-35-27(34)25-21(4)30-28-31-29(37-18-8-6-2)32-33(28)26(25)23-15-11-12-16-24(23)36-19-22-14-10-9-13-20(22)3/h9-16,26H,5-8,17-19H2,1-4H3,(H,30,31,32). The molecule has 0 radical (unpaired) electrons. The van der Waals surface area contributed by atoms with Crippen LogP contribution in [-0.2, 0) is 16.1 Å². The molecule has 0 aliphatic carbocycles. The van der Waals surface area contributed by atoms with E-state index in [2.05, 4.69) is 38.2 Å². The Morgan fingerprint density at radius 2 is 1.81 bits per heavy atom. The molecular weight excluding hydrogens is 484 g/mol. The Bertz CT molecular complexity index is 1250. The van der Waals surface area contributed by atoms with E-state index in [9.17, 15) is 4.79 Å². The van der Waals surface area contributed by atoms with Gasteiger partial charge in [-0.05, 0) is 43.9 Å². The van der Waals surface area contributed by atoms with Gasteiger partial charge in [-0.3, -0.25) is 0 Å². The number of unbranched alkanes of at least 4 members (excludes halogenated alkanes) is 2. The van der Waals surface area contributed by atoms with Crippen LogP contribution in [0.2, 0.25) is 0 Å². The van der Waals surface area contributed by atoms with Gasteiger partial charge in [0, 0.05) is 17.0 Å². The molecular formula is C29H36N4O3S. The molecule has 2 heterocycles. The number of ether oxygens (including phenoxy) is 2. The maximum absolute atomic E-state index is 13.4. The van der Waals surface area contributed by atoms with Crippen LogP contribution in [0.4, 0.5) is 5.95 Å². The number of hydrogen-bond acceptors (Lipinski definition) is 7. The molecule has 8 heteroatoms. The van der Waals surface area contributed by atoms with Crippen LogP contribution in [0.1, 0.15) is 69.2 Å². The number of fused-ring (bicyclic) bond motifs is 1. The zero-order chi connectivity index (χ0) is 26.2. The summed E-state index contributed by atoms with van der Waals surface area (Å²) in [5.41, 5.74) is 4.36. The average molecular weight is 521 g/mol. The number of carbonyl (C=O) groups is 1. The summed E-state index contributed by atoms with van der Waals surface area (Å²) in [6, 6.07) is 15.5. The molecule has 0 spiro atoms. The van der Waals surface area contributed by atoms with Crippen LogP contribution in [0.25, 0.3) is 0 Å². The number of aryl methyl sites for hydroxylation is 1. The fourth-order valence-corrected chi connectivity index (χ4v) is 5.12. The quantitative estimate of drug-likeness (QED) is 0.162. The molecule has 0 saturated carbocycles. The van der Waals surface area contributed by atoms with E-state index in [-0.39, 0.29) is 5.97 Å². The third-order valence-corrected chi connectivity index (χ3v) is 7.30. The van der Waals surface area contributed by atoms with Gasteiger partial charge >= 0.3 is 5.97 Å². The molecule has 1 unspecified atom stereocenters. The Morgan fingerprint density at radius 3 is 2.59 bits per heavy atom. The number of allylic oxidation sites excluding steroid dienone is 1. The van der Waals surface area contributed by atoms with Gasteiger partial charge in [0.2, 0.25) is 11.1 Å². The van der Waals surface area contributed by atoms with Crippen molar-refractivity contribution >= 4 is 23.7 Å². The number of benzene rings is 2. The van der Waals surface area contributed by atoms with Gasteiger partial charge in [-0.2, -0.15) is 4.98 Å². The summed E-state index contributed by atoms with van der Waals surface area (Å²) in [7, 11) is 0. The molecule has 1 aliphatic rings. The highest BCUT2D eigenvalue weighted by Gasteiger charge is 2.36. The fourth-order valence-electron chi connectivity index (χ4n) is 4.20. The molecule has 0 saturated heterocycles. The Morgan fingerprint density at radius 1 is 1.05 bits per heavy atom. The summed E-state index contributed by atoms with van der Waals surface area (Å²) < 4.78 is 13.8. The van der Waals surface area contributed by atoms with E-state index in [1.54, 1.807) is 16.4 Å². The Kier molecular flexibility index (Phi) is 9.28.